The fraction of sp³-hybridized carbons (Fsp3) is 0.333. The van der Waals surface area contributed by atoms with Gasteiger partial charge in [0.1, 0.15) is 0 Å². The number of rotatable bonds is 4. The molecule has 0 unspecified atom stereocenters. The van der Waals surface area contributed by atoms with Crippen molar-refractivity contribution in [2.24, 2.45) is 5.92 Å². The van der Waals surface area contributed by atoms with Crippen molar-refractivity contribution in [1.82, 2.24) is 4.90 Å². The number of benzene rings is 2. The molecule has 0 aromatic heterocycles. The summed E-state index contributed by atoms with van der Waals surface area (Å²) in [6.45, 7) is 6.45. The van der Waals surface area contributed by atoms with Gasteiger partial charge in [-0.15, -0.1) is 0 Å². The van der Waals surface area contributed by atoms with Crippen molar-refractivity contribution >= 4 is 50.7 Å². The van der Waals surface area contributed by atoms with E-state index in [0.717, 1.165) is 10.2 Å². The highest BCUT2D eigenvalue weighted by Crippen LogP contribution is 2.35. The first-order valence-corrected chi connectivity index (χ1v) is 10.4. The first kappa shape index (κ1) is 20.7. The smallest absolute Gasteiger partial charge is 0.255 e. The Morgan fingerprint density at radius 2 is 1.75 bits per heavy atom. The molecule has 1 fully saturated rings. The van der Waals surface area contributed by atoms with E-state index >= 15 is 0 Å². The molecular formula is C21H23BrClN3O2. The molecule has 1 heterocycles. The van der Waals surface area contributed by atoms with Crippen LogP contribution in [0.4, 0.5) is 11.4 Å². The molecule has 0 spiro atoms. The molecule has 2 amide bonds. The molecule has 148 valence electrons. The maximum atomic E-state index is 12.7. The van der Waals surface area contributed by atoms with Gasteiger partial charge in [0.15, 0.2) is 0 Å². The summed E-state index contributed by atoms with van der Waals surface area (Å²) in [5, 5.41) is 3.56. The lowest BCUT2D eigenvalue weighted by molar-refractivity contribution is -0.134. The summed E-state index contributed by atoms with van der Waals surface area (Å²) >= 11 is 9.88. The summed E-state index contributed by atoms with van der Waals surface area (Å²) in [6.07, 6.45) is 0. The maximum Gasteiger partial charge on any atom is 0.255 e. The highest BCUT2D eigenvalue weighted by molar-refractivity contribution is 9.10. The monoisotopic (exact) mass is 463 g/mol. The summed E-state index contributed by atoms with van der Waals surface area (Å²) in [7, 11) is 0. The van der Waals surface area contributed by atoms with Gasteiger partial charge in [-0.25, -0.2) is 0 Å². The van der Waals surface area contributed by atoms with Gasteiger partial charge in [-0.2, -0.15) is 0 Å². The van der Waals surface area contributed by atoms with Crippen LogP contribution in [0.15, 0.2) is 46.9 Å². The van der Waals surface area contributed by atoms with Gasteiger partial charge in [-0.1, -0.05) is 53.5 Å². The number of hydrogen-bond donors (Lipinski definition) is 1. The zero-order valence-electron chi connectivity index (χ0n) is 15.9. The second-order valence-electron chi connectivity index (χ2n) is 7.07. The molecule has 0 atom stereocenters. The third kappa shape index (κ3) is 4.67. The molecule has 5 nitrogen and oxygen atoms in total. The van der Waals surface area contributed by atoms with Crippen molar-refractivity contribution in [3.63, 3.8) is 0 Å². The summed E-state index contributed by atoms with van der Waals surface area (Å²) in [6, 6.07) is 12.7. The van der Waals surface area contributed by atoms with Crippen molar-refractivity contribution in [1.29, 1.82) is 0 Å². The van der Waals surface area contributed by atoms with Crippen LogP contribution in [0.2, 0.25) is 5.02 Å². The Hall–Kier alpha value is -2.05. The first-order chi connectivity index (χ1) is 13.4. The van der Waals surface area contributed by atoms with Crippen molar-refractivity contribution in [2.45, 2.75) is 13.8 Å². The van der Waals surface area contributed by atoms with E-state index < -0.39 is 0 Å². The number of carbonyl (C=O) groups excluding carboxylic acids is 2. The quantitative estimate of drug-likeness (QED) is 0.716. The number of nitrogens with one attached hydrogen (secondary N) is 1. The van der Waals surface area contributed by atoms with Crippen LogP contribution < -0.4 is 10.2 Å². The third-order valence-electron chi connectivity index (χ3n) is 4.72. The van der Waals surface area contributed by atoms with E-state index in [1.165, 1.54) is 0 Å². The molecule has 0 radical (unpaired) electrons. The highest BCUT2D eigenvalue weighted by atomic mass is 79.9. The van der Waals surface area contributed by atoms with E-state index in [0.29, 0.717) is 42.5 Å². The van der Waals surface area contributed by atoms with Gasteiger partial charge in [0.25, 0.3) is 5.91 Å². The van der Waals surface area contributed by atoms with Gasteiger partial charge in [-0.3, -0.25) is 9.59 Å². The largest absolute Gasteiger partial charge is 0.365 e. The van der Waals surface area contributed by atoms with Gasteiger partial charge in [0.05, 0.1) is 16.4 Å². The van der Waals surface area contributed by atoms with Crippen LogP contribution in [0.3, 0.4) is 0 Å². The van der Waals surface area contributed by atoms with Crippen LogP contribution in [0.1, 0.15) is 24.2 Å². The number of para-hydroxylation sites is 1. The molecule has 1 N–H and O–H groups in total. The fourth-order valence-corrected chi connectivity index (χ4v) is 3.97. The molecule has 7 heteroatoms. The number of piperazine rings is 1. The van der Waals surface area contributed by atoms with E-state index in [9.17, 15) is 9.59 Å². The average molecular weight is 465 g/mol. The van der Waals surface area contributed by atoms with Crippen LogP contribution in [0, 0.1) is 5.92 Å². The SMILES string of the molecule is CC(C)C(=O)N1CCN(c2c(Cl)cccc2NC(=O)c2cccc(Br)c2)CC1. The van der Waals surface area contributed by atoms with Gasteiger partial charge >= 0.3 is 0 Å². The van der Waals surface area contributed by atoms with E-state index in [4.69, 9.17) is 11.6 Å². The molecule has 28 heavy (non-hydrogen) atoms. The normalized spacial score (nSPS) is 14.3. The molecule has 0 bridgehead atoms. The number of halogens is 2. The molecule has 2 aromatic rings. The van der Waals surface area contributed by atoms with E-state index in [-0.39, 0.29) is 17.7 Å². The van der Waals surface area contributed by atoms with Gasteiger partial charge in [-0.05, 0) is 30.3 Å². The standard InChI is InChI=1S/C21H23BrClN3O2/c1-14(2)21(28)26-11-9-25(10-12-26)19-17(23)7-4-8-18(19)24-20(27)15-5-3-6-16(22)13-15/h3-8,13-14H,9-12H2,1-2H3,(H,24,27). The second-order valence-corrected chi connectivity index (χ2v) is 8.39. The zero-order chi connectivity index (χ0) is 20.3. The number of anilines is 2. The van der Waals surface area contributed by atoms with E-state index in [1.54, 1.807) is 12.1 Å². The Balaban J connectivity index is 1.78. The van der Waals surface area contributed by atoms with Crippen molar-refractivity contribution < 1.29 is 9.59 Å². The summed E-state index contributed by atoms with van der Waals surface area (Å²) in [4.78, 5) is 28.9. The Morgan fingerprint density at radius 1 is 1.07 bits per heavy atom. The minimum atomic E-state index is -0.196. The van der Waals surface area contributed by atoms with E-state index in [1.807, 2.05) is 49.1 Å². The fourth-order valence-electron chi connectivity index (χ4n) is 3.28. The number of carbonyl (C=O) groups is 2. The molecule has 1 aliphatic rings. The summed E-state index contributed by atoms with van der Waals surface area (Å²) in [5.74, 6) is -0.0349. The van der Waals surface area contributed by atoms with Crippen LogP contribution in [-0.2, 0) is 4.79 Å². The van der Waals surface area contributed by atoms with E-state index in [2.05, 4.69) is 26.1 Å². The van der Waals surface area contributed by atoms with Gasteiger partial charge in [0.2, 0.25) is 5.91 Å². The lowest BCUT2D eigenvalue weighted by Gasteiger charge is -2.38. The van der Waals surface area contributed by atoms with Crippen molar-refractivity contribution in [3.8, 4) is 0 Å². The second kappa shape index (κ2) is 8.97. The molecule has 1 aliphatic heterocycles. The Morgan fingerprint density at radius 3 is 2.39 bits per heavy atom. The molecule has 0 aliphatic carbocycles. The van der Waals surface area contributed by atoms with Gasteiger partial charge < -0.3 is 15.1 Å². The summed E-state index contributed by atoms with van der Waals surface area (Å²) < 4.78 is 0.845. The molecule has 0 saturated carbocycles. The number of hydrogen-bond acceptors (Lipinski definition) is 3. The Labute approximate surface area is 178 Å². The minimum Gasteiger partial charge on any atom is -0.365 e. The number of nitrogens with zero attached hydrogens (tertiary/aromatic N) is 2. The van der Waals surface area contributed by atoms with Crippen LogP contribution in [0.5, 0.6) is 0 Å². The minimum absolute atomic E-state index is 0.00749. The Bertz CT molecular complexity index is 880. The molecule has 2 aromatic carbocycles. The predicted octanol–water partition coefficient (Wildman–Crippen LogP) is 4.66. The van der Waals surface area contributed by atoms with Gasteiger partial charge in [0, 0.05) is 42.1 Å². The predicted molar refractivity (Wildman–Crippen MR) is 117 cm³/mol. The highest BCUT2D eigenvalue weighted by Gasteiger charge is 2.25. The summed E-state index contributed by atoms with van der Waals surface area (Å²) in [5.41, 5.74) is 2.03. The molecule has 3 rings (SSSR count). The number of amides is 2. The zero-order valence-corrected chi connectivity index (χ0v) is 18.3. The third-order valence-corrected chi connectivity index (χ3v) is 5.52. The lowest BCUT2D eigenvalue weighted by atomic mass is 10.1. The van der Waals surface area contributed by atoms with Crippen LogP contribution in [0.25, 0.3) is 0 Å². The topological polar surface area (TPSA) is 52.7 Å². The van der Waals surface area contributed by atoms with Crippen LogP contribution >= 0.6 is 27.5 Å². The van der Waals surface area contributed by atoms with Crippen molar-refractivity contribution in [2.75, 3.05) is 36.4 Å². The molecule has 1 saturated heterocycles. The first-order valence-electron chi connectivity index (χ1n) is 9.26. The Kier molecular flexibility index (Phi) is 6.62. The average Bonchev–Trinajstić information content (AvgIpc) is 2.67. The molecular weight excluding hydrogens is 442 g/mol. The lowest BCUT2D eigenvalue weighted by Crippen LogP contribution is -2.50. The van der Waals surface area contributed by atoms with Crippen molar-refractivity contribution in [3.05, 3.63) is 57.5 Å². The maximum absolute atomic E-state index is 12.7. The van der Waals surface area contributed by atoms with Crippen LogP contribution in [-0.4, -0.2) is 42.9 Å².